The van der Waals surface area contributed by atoms with Crippen molar-refractivity contribution in [2.45, 2.75) is 32.2 Å². The number of H-pyrrole nitrogens is 1. The van der Waals surface area contributed by atoms with Crippen LogP contribution in [0.25, 0.3) is 10.9 Å². The lowest BCUT2D eigenvalue weighted by molar-refractivity contribution is 0.390. The van der Waals surface area contributed by atoms with Crippen LogP contribution in [0, 0.1) is 20.8 Å². The molecule has 2 N–H and O–H groups in total. The third-order valence-corrected chi connectivity index (χ3v) is 5.35. The minimum absolute atomic E-state index is 0.116. The molecule has 7 heteroatoms. The molecule has 22 heavy (non-hydrogen) atoms. The second-order valence-corrected chi connectivity index (χ2v) is 6.96. The van der Waals surface area contributed by atoms with E-state index in [2.05, 4.69) is 14.9 Å². The molecule has 2 heterocycles. The predicted octanol–water partition coefficient (Wildman–Crippen LogP) is 2.56. The van der Waals surface area contributed by atoms with Gasteiger partial charge in [0.2, 0.25) is 10.0 Å². The van der Waals surface area contributed by atoms with Crippen molar-refractivity contribution in [3.8, 4) is 0 Å². The standard InChI is InChI=1S/C15H17N3O3S/c1-9-13(12-6-4-5-7-14(12)17-9)8-16-22(19,20)15-10(2)18-21-11(15)3/h4-7,16-17H,8H2,1-3H3. The second-order valence-electron chi connectivity index (χ2n) is 5.25. The third-order valence-electron chi connectivity index (χ3n) is 3.70. The molecule has 0 unspecified atom stereocenters. The number of aromatic nitrogens is 2. The maximum absolute atomic E-state index is 12.5. The first-order valence-corrected chi connectivity index (χ1v) is 8.37. The summed E-state index contributed by atoms with van der Waals surface area (Å²) in [6, 6.07) is 7.81. The molecule has 0 saturated carbocycles. The first-order valence-electron chi connectivity index (χ1n) is 6.89. The summed E-state index contributed by atoms with van der Waals surface area (Å²) in [5.74, 6) is 0.292. The van der Waals surface area contributed by atoms with Crippen LogP contribution in [-0.2, 0) is 16.6 Å². The smallest absolute Gasteiger partial charge is 0.246 e. The van der Waals surface area contributed by atoms with Gasteiger partial charge >= 0.3 is 0 Å². The average molecular weight is 319 g/mol. The number of hydrogen-bond acceptors (Lipinski definition) is 4. The Labute approximate surface area is 128 Å². The number of rotatable bonds is 4. The number of nitrogens with one attached hydrogen (secondary N) is 2. The van der Waals surface area contributed by atoms with Crippen molar-refractivity contribution in [2.24, 2.45) is 0 Å². The van der Waals surface area contributed by atoms with Gasteiger partial charge in [-0.1, -0.05) is 23.4 Å². The third kappa shape index (κ3) is 2.42. The Hall–Kier alpha value is -2.12. The van der Waals surface area contributed by atoms with E-state index in [1.165, 1.54) is 0 Å². The van der Waals surface area contributed by atoms with E-state index in [0.717, 1.165) is 22.2 Å². The van der Waals surface area contributed by atoms with Crippen molar-refractivity contribution in [1.82, 2.24) is 14.9 Å². The van der Waals surface area contributed by atoms with Crippen molar-refractivity contribution >= 4 is 20.9 Å². The summed E-state index contributed by atoms with van der Waals surface area (Å²) in [7, 11) is -3.66. The molecule has 0 saturated heterocycles. The number of aryl methyl sites for hydroxylation is 3. The molecule has 0 spiro atoms. The van der Waals surface area contributed by atoms with E-state index in [-0.39, 0.29) is 11.4 Å². The van der Waals surface area contributed by atoms with E-state index in [1.54, 1.807) is 13.8 Å². The van der Waals surface area contributed by atoms with E-state index in [1.807, 2.05) is 31.2 Å². The number of para-hydroxylation sites is 1. The molecule has 2 aromatic heterocycles. The van der Waals surface area contributed by atoms with Gasteiger partial charge in [-0.05, 0) is 32.4 Å². The van der Waals surface area contributed by atoms with E-state index >= 15 is 0 Å². The van der Waals surface area contributed by atoms with Gasteiger partial charge in [-0.2, -0.15) is 0 Å². The SMILES string of the molecule is Cc1noc(C)c1S(=O)(=O)NCc1c(C)[nH]c2ccccc12. The lowest BCUT2D eigenvalue weighted by Gasteiger charge is -2.06. The fourth-order valence-corrected chi connectivity index (χ4v) is 3.98. The Morgan fingerprint density at radius 1 is 1.23 bits per heavy atom. The first-order chi connectivity index (χ1) is 10.4. The predicted molar refractivity (Wildman–Crippen MR) is 83.0 cm³/mol. The number of nitrogens with zero attached hydrogens (tertiary/aromatic N) is 1. The van der Waals surface area contributed by atoms with Gasteiger partial charge in [-0.3, -0.25) is 0 Å². The molecule has 6 nitrogen and oxygen atoms in total. The quantitative estimate of drug-likeness (QED) is 0.773. The number of benzene rings is 1. The van der Waals surface area contributed by atoms with Gasteiger partial charge in [-0.15, -0.1) is 0 Å². The zero-order valence-electron chi connectivity index (χ0n) is 12.6. The van der Waals surface area contributed by atoms with Gasteiger partial charge in [0, 0.05) is 23.1 Å². The van der Waals surface area contributed by atoms with E-state index < -0.39 is 10.0 Å². The summed E-state index contributed by atoms with van der Waals surface area (Å²) in [4.78, 5) is 3.37. The molecule has 3 rings (SSSR count). The highest BCUT2D eigenvalue weighted by molar-refractivity contribution is 7.89. The zero-order valence-corrected chi connectivity index (χ0v) is 13.4. The van der Waals surface area contributed by atoms with Crippen molar-refractivity contribution in [3.63, 3.8) is 0 Å². The van der Waals surface area contributed by atoms with Crippen LogP contribution in [0.15, 0.2) is 33.7 Å². The molecule has 0 aliphatic rings. The van der Waals surface area contributed by atoms with E-state index in [9.17, 15) is 8.42 Å². The number of fused-ring (bicyclic) bond motifs is 1. The van der Waals surface area contributed by atoms with Gasteiger partial charge in [0.15, 0.2) is 5.76 Å². The fourth-order valence-electron chi connectivity index (χ4n) is 2.66. The summed E-state index contributed by atoms with van der Waals surface area (Å²) in [5.41, 5.74) is 3.24. The van der Waals surface area contributed by atoms with Gasteiger partial charge in [-0.25, -0.2) is 13.1 Å². The first kappa shape index (κ1) is 14.8. The maximum atomic E-state index is 12.5. The molecule has 116 valence electrons. The summed E-state index contributed by atoms with van der Waals surface area (Å²) in [6.45, 7) is 5.34. The Balaban J connectivity index is 1.93. The lowest BCUT2D eigenvalue weighted by atomic mass is 10.1. The van der Waals surface area contributed by atoms with E-state index in [0.29, 0.717) is 11.5 Å². The molecule has 0 aliphatic carbocycles. The Bertz CT molecular complexity index is 919. The van der Waals surface area contributed by atoms with Crippen LogP contribution < -0.4 is 4.72 Å². The monoisotopic (exact) mass is 319 g/mol. The fraction of sp³-hybridized carbons (Fsp3) is 0.267. The average Bonchev–Trinajstić information content (AvgIpc) is 2.96. The summed E-state index contributed by atoms with van der Waals surface area (Å²) < 4.78 is 32.5. The Morgan fingerprint density at radius 2 is 1.95 bits per heavy atom. The van der Waals surface area contributed by atoms with Crippen LogP contribution in [0.2, 0.25) is 0 Å². The highest BCUT2D eigenvalue weighted by Gasteiger charge is 2.24. The van der Waals surface area contributed by atoms with Crippen molar-refractivity contribution < 1.29 is 12.9 Å². The van der Waals surface area contributed by atoms with Crippen molar-refractivity contribution in [1.29, 1.82) is 0 Å². The van der Waals surface area contributed by atoms with Crippen molar-refractivity contribution in [2.75, 3.05) is 0 Å². The van der Waals surface area contributed by atoms with Crippen LogP contribution in [0.3, 0.4) is 0 Å². The Morgan fingerprint density at radius 3 is 2.64 bits per heavy atom. The van der Waals surface area contributed by atoms with Crippen LogP contribution in [0.5, 0.6) is 0 Å². The number of hydrogen-bond donors (Lipinski definition) is 2. The summed E-state index contributed by atoms with van der Waals surface area (Å²) in [5, 5.41) is 4.71. The largest absolute Gasteiger partial charge is 0.360 e. The van der Waals surface area contributed by atoms with Gasteiger partial charge in [0.05, 0.1) is 0 Å². The lowest BCUT2D eigenvalue weighted by Crippen LogP contribution is -2.24. The Kier molecular flexibility index (Phi) is 3.54. The van der Waals surface area contributed by atoms with Crippen LogP contribution >= 0.6 is 0 Å². The summed E-state index contributed by atoms with van der Waals surface area (Å²) >= 11 is 0. The highest BCUT2D eigenvalue weighted by Crippen LogP contribution is 2.23. The van der Waals surface area contributed by atoms with Crippen LogP contribution in [0.4, 0.5) is 0 Å². The topological polar surface area (TPSA) is 88.0 Å². The minimum Gasteiger partial charge on any atom is -0.360 e. The molecule has 0 bridgehead atoms. The second kappa shape index (κ2) is 5.26. The molecule has 0 amide bonds. The number of aromatic amines is 1. The molecule has 3 aromatic rings. The molecule has 0 fully saturated rings. The van der Waals surface area contributed by atoms with Crippen molar-refractivity contribution in [3.05, 3.63) is 47.0 Å². The molecule has 1 aromatic carbocycles. The zero-order chi connectivity index (χ0) is 15.9. The normalized spacial score (nSPS) is 12.1. The maximum Gasteiger partial charge on any atom is 0.246 e. The molecule has 0 aliphatic heterocycles. The highest BCUT2D eigenvalue weighted by atomic mass is 32.2. The molecular weight excluding hydrogens is 302 g/mol. The van der Waals surface area contributed by atoms with Crippen LogP contribution in [0.1, 0.15) is 22.7 Å². The molecular formula is C15H17N3O3S. The molecule has 0 atom stereocenters. The van der Waals surface area contributed by atoms with E-state index in [4.69, 9.17) is 4.52 Å². The van der Waals surface area contributed by atoms with Gasteiger partial charge in [0.1, 0.15) is 10.6 Å². The number of sulfonamides is 1. The minimum atomic E-state index is -3.66. The van der Waals surface area contributed by atoms with Gasteiger partial charge < -0.3 is 9.51 Å². The summed E-state index contributed by atoms with van der Waals surface area (Å²) in [6.07, 6.45) is 0. The van der Waals surface area contributed by atoms with Crippen LogP contribution in [-0.4, -0.2) is 18.6 Å². The molecule has 0 radical (unpaired) electrons. The van der Waals surface area contributed by atoms with Gasteiger partial charge in [0.25, 0.3) is 0 Å².